The van der Waals surface area contributed by atoms with Gasteiger partial charge in [0, 0.05) is 57.1 Å². The molecule has 2 aromatic rings. The number of hydrogen-bond donors (Lipinski definition) is 1. The number of sulfonamides is 1. The van der Waals surface area contributed by atoms with Crippen molar-refractivity contribution in [3.63, 3.8) is 0 Å². The average Bonchev–Trinajstić information content (AvgIpc) is 2.92. The van der Waals surface area contributed by atoms with Gasteiger partial charge in [-0.1, -0.05) is 17.7 Å². The normalized spacial score (nSPS) is 20.6. The van der Waals surface area contributed by atoms with Gasteiger partial charge in [-0.15, -0.1) is 0 Å². The minimum Gasteiger partial charge on any atom is -0.497 e. The second-order valence-corrected chi connectivity index (χ2v) is 11.6. The molecule has 2 aromatic carbocycles. The third-order valence-electron chi connectivity index (χ3n) is 7.03. The van der Waals surface area contributed by atoms with Crippen molar-refractivity contribution in [2.24, 2.45) is 5.92 Å². The van der Waals surface area contributed by atoms with E-state index in [0.29, 0.717) is 51.3 Å². The molecule has 3 heterocycles. The monoisotopic (exact) mass is 548 g/mol. The summed E-state index contributed by atoms with van der Waals surface area (Å²) in [5.74, 6) is 0.267. The summed E-state index contributed by atoms with van der Waals surface area (Å²) < 4.78 is 39.1. The number of anilines is 2. The van der Waals surface area contributed by atoms with Crippen molar-refractivity contribution in [2.45, 2.75) is 17.7 Å². The number of methoxy groups -OCH3 is 1. The number of nitrogens with one attached hydrogen (secondary N) is 1. The van der Waals surface area contributed by atoms with Crippen LogP contribution in [0.3, 0.4) is 0 Å². The van der Waals surface area contributed by atoms with Crippen molar-refractivity contribution >= 4 is 44.8 Å². The van der Waals surface area contributed by atoms with Gasteiger partial charge >= 0.3 is 0 Å². The second-order valence-electron chi connectivity index (χ2n) is 9.33. The number of amides is 2. The Hall–Kier alpha value is -3.02. The van der Waals surface area contributed by atoms with E-state index < -0.39 is 15.9 Å². The first kappa shape index (κ1) is 25.6. The highest BCUT2D eigenvalue weighted by Gasteiger charge is 2.37. The minimum absolute atomic E-state index is 0.00772. The Kier molecular flexibility index (Phi) is 7.19. The van der Waals surface area contributed by atoms with Gasteiger partial charge < -0.3 is 24.6 Å². The lowest BCUT2D eigenvalue weighted by atomic mass is 9.97. The van der Waals surface area contributed by atoms with Crippen LogP contribution in [0.5, 0.6) is 11.5 Å². The Labute approximate surface area is 221 Å². The number of ether oxygens (including phenoxy) is 2. The summed E-state index contributed by atoms with van der Waals surface area (Å²) in [7, 11) is -2.34. The number of hydrogen-bond acceptors (Lipinski definition) is 7. The van der Waals surface area contributed by atoms with Gasteiger partial charge in [0.05, 0.1) is 23.7 Å². The molecule has 0 spiro atoms. The third-order valence-corrected chi connectivity index (χ3v) is 9.36. The van der Waals surface area contributed by atoms with Crippen molar-refractivity contribution in [3.05, 3.63) is 41.4 Å². The van der Waals surface area contributed by atoms with Crippen molar-refractivity contribution in [3.8, 4) is 11.5 Å². The van der Waals surface area contributed by atoms with Crippen LogP contribution >= 0.6 is 11.6 Å². The van der Waals surface area contributed by atoms with Gasteiger partial charge in [-0.25, -0.2) is 8.42 Å². The fourth-order valence-electron chi connectivity index (χ4n) is 5.03. The molecule has 0 bridgehead atoms. The molecule has 0 unspecified atom stereocenters. The van der Waals surface area contributed by atoms with E-state index in [1.807, 2.05) is 29.2 Å². The average molecular weight is 549 g/mol. The molecule has 0 radical (unpaired) electrons. The summed E-state index contributed by atoms with van der Waals surface area (Å²) in [6.45, 7) is 2.73. The summed E-state index contributed by atoms with van der Waals surface area (Å²) in [5, 5.41) is 2.61. The Bertz CT molecular complexity index is 1310. The lowest BCUT2D eigenvalue weighted by molar-refractivity contribution is -0.137. The van der Waals surface area contributed by atoms with Crippen LogP contribution in [0.1, 0.15) is 12.8 Å². The maximum atomic E-state index is 13.5. The van der Waals surface area contributed by atoms with Gasteiger partial charge in [-0.2, -0.15) is 4.31 Å². The number of halogens is 1. The predicted molar refractivity (Wildman–Crippen MR) is 139 cm³/mol. The lowest BCUT2D eigenvalue weighted by Gasteiger charge is -2.39. The van der Waals surface area contributed by atoms with Crippen LogP contribution in [0.15, 0.2) is 41.3 Å². The largest absolute Gasteiger partial charge is 0.497 e. The molecule has 0 saturated carbocycles. The number of piperidine rings is 1. The van der Waals surface area contributed by atoms with Gasteiger partial charge in [0.2, 0.25) is 15.9 Å². The number of benzene rings is 2. The Balaban J connectivity index is 1.25. The Morgan fingerprint density at radius 3 is 2.68 bits per heavy atom. The number of rotatable bonds is 5. The maximum absolute atomic E-state index is 13.5. The van der Waals surface area contributed by atoms with Crippen LogP contribution in [0.4, 0.5) is 11.4 Å². The van der Waals surface area contributed by atoms with E-state index in [4.69, 9.17) is 21.1 Å². The summed E-state index contributed by atoms with van der Waals surface area (Å²) in [6.07, 6.45) is 1.21. The minimum atomic E-state index is -3.97. The van der Waals surface area contributed by atoms with Crippen LogP contribution < -0.4 is 19.7 Å². The number of carbonyl (C=O) groups excluding carboxylic acids is 2. The van der Waals surface area contributed by atoms with E-state index in [1.165, 1.54) is 16.4 Å². The molecule has 2 saturated heterocycles. The van der Waals surface area contributed by atoms with Gasteiger partial charge in [0.1, 0.15) is 16.4 Å². The van der Waals surface area contributed by atoms with E-state index in [1.54, 1.807) is 7.11 Å². The molecule has 2 fully saturated rings. The molecule has 10 nitrogen and oxygen atoms in total. The molecule has 3 aliphatic heterocycles. The molecular weight excluding hydrogens is 520 g/mol. The SMILES string of the molecule is COc1cccc(N2CCN(C(=O)[C@@H]3CCCN(S(=O)(=O)c4cc5c(cc4Cl)NC(=O)CO5)C3)CC2)c1. The van der Waals surface area contributed by atoms with E-state index in [2.05, 4.69) is 10.2 Å². The first-order valence-electron chi connectivity index (χ1n) is 12.2. The summed E-state index contributed by atoms with van der Waals surface area (Å²) in [5.41, 5.74) is 1.38. The van der Waals surface area contributed by atoms with Crippen LogP contribution in [0.2, 0.25) is 5.02 Å². The zero-order valence-electron chi connectivity index (χ0n) is 20.5. The zero-order chi connectivity index (χ0) is 26.2. The highest BCUT2D eigenvalue weighted by atomic mass is 35.5. The number of carbonyl (C=O) groups is 2. The van der Waals surface area contributed by atoms with Crippen molar-refractivity contribution in [2.75, 3.05) is 63.2 Å². The zero-order valence-corrected chi connectivity index (χ0v) is 22.1. The molecule has 0 aromatic heterocycles. The first-order chi connectivity index (χ1) is 17.8. The highest BCUT2D eigenvalue weighted by Crippen LogP contribution is 2.37. The summed E-state index contributed by atoms with van der Waals surface area (Å²) >= 11 is 6.32. The molecule has 37 heavy (non-hydrogen) atoms. The van der Waals surface area contributed by atoms with Gasteiger partial charge in [-0.05, 0) is 31.0 Å². The lowest BCUT2D eigenvalue weighted by Crippen LogP contribution is -2.53. The van der Waals surface area contributed by atoms with Crippen LogP contribution in [0, 0.1) is 5.92 Å². The number of fused-ring (bicyclic) bond motifs is 1. The molecule has 0 aliphatic carbocycles. The highest BCUT2D eigenvalue weighted by molar-refractivity contribution is 7.89. The van der Waals surface area contributed by atoms with E-state index in [-0.39, 0.29) is 40.6 Å². The number of piperazine rings is 1. The number of nitrogens with zero attached hydrogens (tertiary/aromatic N) is 3. The van der Waals surface area contributed by atoms with Crippen molar-refractivity contribution < 1.29 is 27.5 Å². The Morgan fingerprint density at radius 2 is 1.92 bits per heavy atom. The van der Waals surface area contributed by atoms with Crippen molar-refractivity contribution in [1.29, 1.82) is 0 Å². The molecule has 1 N–H and O–H groups in total. The first-order valence-corrected chi connectivity index (χ1v) is 14.0. The molecule has 1 atom stereocenters. The van der Waals surface area contributed by atoms with Gasteiger partial charge in [0.15, 0.2) is 6.61 Å². The maximum Gasteiger partial charge on any atom is 0.262 e. The summed E-state index contributed by atoms with van der Waals surface area (Å²) in [4.78, 5) is 28.9. The molecule has 3 aliphatic rings. The summed E-state index contributed by atoms with van der Waals surface area (Å²) in [6, 6.07) is 10.6. The standard InChI is InChI=1S/C25H29ClN4O6S/c1-35-19-6-2-5-18(12-19)28-8-10-29(11-9-28)25(32)17-4-3-7-30(15-17)37(33,34)23-14-22-21(13-20(23)26)27-24(31)16-36-22/h2,5-6,12-14,17H,3-4,7-11,15-16H2,1H3,(H,27,31)/t17-/m1/s1. The molecule has 198 valence electrons. The van der Waals surface area contributed by atoms with Gasteiger partial charge in [-0.3, -0.25) is 9.59 Å². The van der Waals surface area contributed by atoms with E-state index in [9.17, 15) is 18.0 Å². The topological polar surface area (TPSA) is 108 Å². The molecule has 12 heteroatoms. The second kappa shape index (κ2) is 10.4. The Morgan fingerprint density at radius 1 is 1.14 bits per heavy atom. The molecule has 2 amide bonds. The van der Waals surface area contributed by atoms with Crippen LogP contribution in [-0.4, -0.2) is 82.4 Å². The molecule has 5 rings (SSSR count). The predicted octanol–water partition coefficient (Wildman–Crippen LogP) is 2.43. The smallest absolute Gasteiger partial charge is 0.262 e. The third kappa shape index (κ3) is 5.21. The van der Waals surface area contributed by atoms with E-state index >= 15 is 0 Å². The van der Waals surface area contributed by atoms with Crippen LogP contribution in [-0.2, 0) is 19.6 Å². The van der Waals surface area contributed by atoms with Gasteiger partial charge in [0.25, 0.3) is 5.91 Å². The fraction of sp³-hybridized carbons (Fsp3) is 0.440. The fourth-order valence-corrected chi connectivity index (χ4v) is 7.07. The van der Waals surface area contributed by atoms with Crippen molar-refractivity contribution in [1.82, 2.24) is 9.21 Å². The van der Waals surface area contributed by atoms with E-state index in [0.717, 1.165) is 11.4 Å². The molecular formula is C25H29ClN4O6S. The van der Waals surface area contributed by atoms with Crippen LogP contribution in [0.25, 0.3) is 0 Å². The quantitative estimate of drug-likeness (QED) is 0.611.